The second kappa shape index (κ2) is 6.50. The second-order valence-electron chi connectivity index (χ2n) is 5.91. The van der Waals surface area contributed by atoms with Gasteiger partial charge in [-0.15, -0.1) is 0 Å². The van der Waals surface area contributed by atoms with Crippen LogP contribution >= 0.6 is 0 Å². The molecule has 2 aromatic rings. The topological polar surface area (TPSA) is 71.7 Å². The molecular formula is C17H21NO4. The maximum atomic E-state index is 12.0. The molecule has 1 saturated carbocycles. The van der Waals surface area contributed by atoms with Gasteiger partial charge in [-0.1, -0.05) is 18.2 Å². The van der Waals surface area contributed by atoms with Crippen molar-refractivity contribution in [1.82, 2.24) is 5.32 Å². The Hall–Kier alpha value is -1.85. The van der Waals surface area contributed by atoms with Gasteiger partial charge in [0.25, 0.3) is 0 Å². The first-order chi connectivity index (χ1) is 10.6. The van der Waals surface area contributed by atoms with Gasteiger partial charge in [-0.3, -0.25) is 0 Å². The van der Waals surface area contributed by atoms with E-state index in [1.54, 1.807) is 6.07 Å². The number of ether oxygens (including phenoxy) is 1. The van der Waals surface area contributed by atoms with Gasteiger partial charge >= 0.3 is 5.63 Å². The molecule has 0 bridgehead atoms. The van der Waals surface area contributed by atoms with Gasteiger partial charge in [-0.2, -0.15) is 0 Å². The quantitative estimate of drug-likeness (QED) is 0.764. The molecule has 1 unspecified atom stereocenters. The molecule has 1 aromatic heterocycles. The molecule has 1 aliphatic rings. The number of rotatable bonds is 7. The van der Waals surface area contributed by atoms with Crippen molar-refractivity contribution in [2.75, 3.05) is 19.7 Å². The lowest BCUT2D eigenvalue weighted by atomic mass is 10.1. The van der Waals surface area contributed by atoms with E-state index < -0.39 is 11.7 Å². The molecule has 0 saturated heterocycles. The minimum atomic E-state index is -0.649. The molecule has 5 heteroatoms. The van der Waals surface area contributed by atoms with Crippen LogP contribution in [0.2, 0.25) is 0 Å². The van der Waals surface area contributed by atoms with Crippen LogP contribution in [0.3, 0.4) is 0 Å². The third-order valence-corrected chi connectivity index (χ3v) is 3.95. The zero-order chi connectivity index (χ0) is 15.5. The van der Waals surface area contributed by atoms with Crippen LogP contribution in [0.4, 0.5) is 0 Å². The lowest BCUT2D eigenvalue weighted by Crippen LogP contribution is -2.33. The van der Waals surface area contributed by atoms with E-state index >= 15 is 0 Å². The molecule has 1 atom stereocenters. The first-order valence-corrected chi connectivity index (χ1v) is 7.69. The Morgan fingerprint density at radius 1 is 1.41 bits per heavy atom. The van der Waals surface area contributed by atoms with Crippen molar-refractivity contribution in [2.45, 2.75) is 25.9 Å². The molecule has 1 heterocycles. The number of aliphatic hydroxyl groups excluding tert-OH is 1. The highest BCUT2D eigenvalue weighted by atomic mass is 16.5. The van der Waals surface area contributed by atoms with E-state index in [1.807, 2.05) is 25.1 Å². The number of aliphatic hydroxyl groups is 1. The molecule has 0 amide bonds. The molecule has 5 nitrogen and oxygen atoms in total. The van der Waals surface area contributed by atoms with Crippen LogP contribution in [0, 0.1) is 12.8 Å². The van der Waals surface area contributed by atoms with Crippen molar-refractivity contribution in [2.24, 2.45) is 5.92 Å². The number of hydrogen-bond acceptors (Lipinski definition) is 5. The summed E-state index contributed by atoms with van der Waals surface area (Å²) in [5, 5.41) is 14.0. The number of para-hydroxylation sites is 1. The van der Waals surface area contributed by atoms with Gasteiger partial charge in [0.15, 0.2) is 0 Å². The Morgan fingerprint density at radius 3 is 2.95 bits per heavy atom. The third-order valence-electron chi connectivity index (χ3n) is 3.95. The summed E-state index contributed by atoms with van der Waals surface area (Å²) in [6.07, 6.45) is 1.90. The van der Waals surface area contributed by atoms with E-state index in [-0.39, 0.29) is 12.4 Å². The van der Waals surface area contributed by atoms with Crippen molar-refractivity contribution in [3.05, 3.63) is 40.2 Å². The van der Waals surface area contributed by atoms with E-state index in [0.717, 1.165) is 23.4 Å². The molecule has 0 radical (unpaired) electrons. The first-order valence-electron chi connectivity index (χ1n) is 7.69. The highest BCUT2D eigenvalue weighted by Crippen LogP contribution is 2.27. The van der Waals surface area contributed by atoms with E-state index in [0.29, 0.717) is 12.1 Å². The maximum absolute atomic E-state index is 12.0. The SMILES string of the molecule is Cc1c(OCC(O)CNCC2CC2)c(=O)oc2ccccc12. The smallest absolute Gasteiger partial charge is 0.379 e. The largest absolute Gasteiger partial charge is 0.484 e. The average Bonchev–Trinajstić information content (AvgIpc) is 3.31. The van der Waals surface area contributed by atoms with Crippen LogP contribution in [-0.2, 0) is 0 Å². The summed E-state index contributed by atoms with van der Waals surface area (Å²) >= 11 is 0. The molecule has 1 fully saturated rings. The van der Waals surface area contributed by atoms with Gasteiger partial charge in [0.05, 0.1) is 0 Å². The summed E-state index contributed by atoms with van der Waals surface area (Å²) in [5.41, 5.74) is 0.781. The molecule has 0 aliphatic heterocycles. The molecule has 22 heavy (non-hydrogen) atoms. The van der Waals surface area contributed by atoms with E-state index in [2.05, 4.69) is 5.32 Å². The zero-order valence-corrected chi connectivity index (χ0v) is 12.7. The zero-order valence-electron chi connectivity index (χ0n) is 12.7. The first kappa shape index (κ1) is 15.1. The molecule has 0 spiro atoms. The molecule has 1 aliphatic carbocycles. The van der Waals surface area contributed by atoms with E-state index in [9.17, 15) is 9.90 Å². The normalized spacial score (nSPS) is 15.9. The predicted octanol–water partition coefficient (Wildman–Crippen LogP) is 1.84. The Labute approximate surface area is 128 Å². The second-order valence-corrected chi connectivity index (χ2v) is 5.91. The number of aryl methyl sites for hydroxylation is 1. The Balaban J connectivity index is 1.63. The minimum absolute atomic E-state index is 0.0710. The third kappa shape index (κ3) is 3.48. The van der Waals surface area contributed by atoms with Crippen LogP contribution in [-0.4, -0.2) is 30.9 Å². The summed E-state index contributed by atoms with van der Waals surface area (Å²) in [6.45, 7) is 3.30. The molecule has 1 aromatic carbocycles. The van der Waals surface area contributed by atoms with Crippen molar-refractivity contribution in [3.8, 4) is 5.75 Å². The lowest BCUT2D eigenvalue weighted by molar-refractivity contribution is 0.104. The molecule has 2 N–H and O–H groups in total. The average molecular weight is 303 g/mol. The van der Waals surface area contributed by atoms with Crippen molar-refractivity contribution < 1.29 is 14.3 Å². The van der Waals surface area contributed by atoms with Crippen LogP contribution in [0.1, 0.15) is 18.4 Å². The van der Waals surface area contributed by atoms with Crippen molar-refractivity contribution in [1.29, 1.82) is 0 Å². The Morgan fingerprint density at radius 2 is 2.18 bits per heavy atom. The highest BCUT2D eigenvalue weighted by Gasteiger charge is 2.21. The monoisotopic (exact) mass is 303 g/mol. The summed E-state index contributed by atoms with van der Waals surface area (Å²) in [6, 6.07) is 7.34. The highest BCUT2D eigenvalue weighted by molar-refractivity contribution is 5.81. The number of benzene rings is 1. The van der Waals surface area contributed by atoms with Gasteiger partial charge < -0.3 is 19.6 Å². The van der Waals surface area contributed by atoms with Gasteiger partial charge in [-0.05, 0) is 38.3 Å². The minimum Gasteiger partial charge on any atom is -0.484 e. The standard InChI is InChI=1S/C17H21NO4/c1-11-14-4-2-3-5-15(14)22-17(20)16(11)21-10-13(19)9-18-8-12-6-7-12/h2-5,12-13,18-19H,6-10H2,1H3. The maximum Gasteiger partial charge on any atom is 0.379 e. The summed E-state index contributed by atoms with van der Waals surface area (Å²) in [5.74, 6) is 0.947. The molecule has 3 rings (SSSR count). The summed E-state index contributed by atoms with van der Waals surface area (Å²) in [7, 11) is 0. The van der Waals surface area contributed by atoms with Crippen molar-refractivity contribution in [3.63, 3.8) is 0 Å². The van der Waals surface area contributed by atoms with Crippen LogP contribution in [0.15, 0.2) is 33.5 Å². The summed E-state index contributed by atoms with van der Waals surface area (Å²) in [4.78, 5) is 12.0. The van der Waals surface area contributed by atoms with Crippen LogP contribution in [0.5, 0.6) is 5.75 Å². The van der Waals surface area contributed by atoms with Gasteiger partial charge in [0.2, 0.25) is 5.75 Å². The number of fused-ring (bicyclic) bond motifs is 1. The summed E-state index contributed by atoms with van der Waals surface area (Å²) < 4.78 is 10.8. The Kier molecular flexibility index (Phi) is 4.45. The van der Waals surface area contributed by atoms with Gasteiger partial charge in [0, 0.05) is 17.5 Å². The fourth-order valence-electron chi connectivity index (χ4n) is 2.47. The van der Waals surface area contributed by atoms with E-state index in [4.69, 9.17) is 9.15 Å². The number of nitrogens with one attached hydrogen (secondary N) is 1. The fourth-order valence-corrected chi connectivity index (χ4v) is 2.47. The van der Waals surface area contributed by atoms with Crippen LogP contribution in [0.25, 0.3) is 11.0 Å². The fraction of sp³-hybridized carbons (Fsp3) is 0.471. The number of hydrogen-bond donors (Lipinski definition) is 2. The van der Waals surface area contributed by atoms with Crippen LogP contribution < -0.4 is 15.7 Å². The van der Waals surface area contributed by atoms with Gasteiger partial charge in [0.1, 0.15) is 18.3 Å². The van der Waals surface area contributed by atoms with E-state index in [1.165, 1.54) is 12.8 Å². The molecule has 118 valence electrons. The Bertz CT molecular complexity index is 705. The van der Waals surface area contributed by atoms with Gasteiger partial charge in [-0.25, -0.2) is 4.79 Å². The lowest BCUT2D eigenvalue weighted by Gasteiger charge is -2.14. The predicted molar refractivity (Wildman–Crippen MR) is 84.3 cm³/mol. The molecular weight excluding hydrogens is 282 g/mol. The van der Waals surface area contributed by atoms with Crippen molar-refractivity contribution >= 4 is 11.0 Å².